The van der Waals surface area contributed by atoms with Crippen molar-refractivity contribution in [3.05, 3.63) is 35.4 Å². The first-order chi connectivity index (χ1) is 10.0. The normalized spacial score (nSPS) is 11.9. The highest BCUT2D eigenvalue weighted by molar-refractivity contribution is 7.80. The van der Waals surface area contributed by atoms with Crippen molar-refractivity contribution < 1.29 is 19.5 Å². The molecule has 0 aliphatic rings. The van der Waals surface area contributed by atoms with Crippen molar-refractivity contribution in [1.29, 1.82) is 0 Å². The van der Waals surface area contributed by atoms with Crippen molar-refractivity contribution in [1.82, 2.24) is 5.32 Å². The van der Waals surface area contributed by atoms with E-state index in [0.717, 1.165) is 0 Å². The van der Waals surface area contributed by atoms with Crippen LogP contribution < -0.4 is 5.32 Å². The van der Waals surface area contributed by atoms with Crippen LogP contribution in [0.1, 0.15) is 40.5 Å². The number of carboxylic acids is 1. The molecule has 0 heterocycles. The average molecular weight is 309 g/mol. The number of ketones is 2. The van der Waals surface area contributed by atoms with Crippen LogP contribution in [-0.4, -0.2) is 41.0 Å². The number of nitrogens with one attached hydrogen (secondary N) is 1. The van der Waals surface area contributed by atoms with E-state index in [1.54, 1.807) is 24.3 Å². The molecule has 1 aromatic carbocycles. The Hall–Kier alpha value is -1.66. The minimum Gasteiger partial charge on any atom is -0.480 e. The van der Waals surface area contributed by atoms with E-state index < -0.39 is 12.0 Å². The van der Waals surface area contributed by atoms with Crippen LogP contribution in [0.5, 0.6) is 0 Å². The summed E-state index contributed by atoms with van der Waals surface area (Å²) in [5, 5.41) is 11.5. The highest BCUT2D eigenvalue weighted by atomic mass is 32.1. The first kappa shape index (κ1) is 17.4. The lowest BCUT2D eigenvalue weighted by atomic mass is 9.98. The van der Waals surface area contributed by atoms with Crippen LogP contribution in [0.4, 0.5) is 0 Å². The molecule has 1 aromatic rings. The van der Waals surface area contributed by atoms with Crippen LogP contribution >= 0.6 is 12.6 Å². The smallest absolute Gasteiger partial charge is 0.321 e. The fourth-order valence-corrected chi connectivity index (χ4v) is 2.16. The molecule has 0 aliphatic carbocycles. The summed E-state index contributed by atoms with van der Waals surface area (Å²) in [5.74, 6) is -1.36. The number of hydrogen-bond donors (Lipinski definition) is 3. The first-order valence-electron chi connectivity index (χ1n) is 6.73. The molecular weight excluding hydrogens is 290 g/mol. The third-order valence-electron chi connectivity index (χ3n) is 2.99. The van der Waals surface area contributed by atoms with Crippen LogP contribution in [0.15, 0.2) is 24.3 Å². The number of rotatable bonds is 9. The Morgan fingerprint density at radius 3 is 2.24 bits per heavy atom. The number of aliphatic carboxylic acids is 1. The molecule has 21 heavy (non-hydrogen) atoms. The summed E-state index contributed by atoms with van der Waals surface area (Å²) in [6, 6.07) is 5.71. The molecule has 1 atom stereocenters. The van der Waals surface area contributed by atoms with Gasteiger partial charge in [-0.3, -0.25) is 19.7 Å². The fraction of sp³-hybridized carbons (Fsp3) is 0.400. The second-order valence-electron chi connectivity index (χ2n) is 4.60. The summed E-state index contributed by atoms with van der Waals surface area (Å²) in [6.45, 7) is 1.75. The van der Waals surface area contributed by atoms with Crippen molar-refractivity contribution in [2.75, 3.05) is 12.3 Å². The summed E-state index contributed by atoms with van der Waals surface area (Å²) < 4.78 is 0. The standard InChI is InChI=1S/C15H19NO4S/c1-2-5-13(17)10-6-3-4-7-11(10)14(18)8-16-12(9-21)15(19)20/h3-4,6-7,12,16,21H,2,5,8-9H2,1H3,(H,19,20)/t12-/m1/s1. The van der Waals surface area contributed by atoms with Gasteiger partial charge in [0, 0.05) is 23.3 Å². The number of hydrogen-bond acceptors (Lipinski definition) is 5. The number of benzene rings is 1. The van der Waals surface area contributed by atoms with Crippen molar-refractivity contribution in [3.63, 3.8) is 0 Å². The van der Waals surface area contributed by atoms with Gasteiger partial charge < -0.3 is 5.11 Å². The summed E-state index contributed by atoms with van der Waals surface area (Å²) >= 11 is 3.92. The molecule has 0 spiro atoms. The van der Waals surface area contributed by atoms with E-state index in [-0.39, 0.29) is 23.9 Å². The van der Waals surface area contributed by atoms with Crippen LogP contribution in [-0.2, 0) is 4.79 Å². The molecule has 1 rings (SSSR count). The Labute approximate surface area is 129 Å². The molecule has 5 nitrogen and oxygen atoms in total. The summed E-state index contributed by atoms with van der Waals surface area (Å²) in [6.07, 6.45) is 1.09. The average Bonchev–Trinajstić information content (AvgIpc) is 2.47. The molecule has 0 unspecified atom stereocenters. The maximum atomic E-state index is 12.2. The van der Waals surface area contributed by atoms with Crippen LogP contribution in [0.3, 0.4) is 0 Å². The van der Waals surface area contributed by atoms with E-state index >= 15 is 0 Å². The van der Waals surface area contributed by atoms with Gasteiger partial charge in [0.25, 0.3) is 0 Å². The van der Waals surface area contributed by atoms with E-state index in [2.05, 4.69) is 17.9 Å². The fourth-order valence-electron chi connectivity index (χ4n) is 1.87. The molecule has 0 saturated carbocycles. The summed E-state index contributed by atoms with van der Waals surface area (Å²) in [5.41, 5.74) is 0.718. The second kappa shape index (κ2) is 8.59. The first-order valence-corrected chi connectivity index (χ1v) is 7.37. The molecule has 0 amide bonds. The Balaban J connectivity index is 2.83. The Morgan fingerprint density at radius 1 is 1.19 bits per heavy atom. The molecule has 0 bridgehead atoms. The zero-order valence-corrected chi connectivity index (χ0v) is 12.7. The van der Waals surface area contributed by atoms with Gasteiger partial charge in [0.1, 0.15) is 6.04 Å². The van der Waals surface area contributed by atoms with E-state index in [9.17, 15) is 14.4 Å². The van der Waals surface area contributed by atoms with Crippen LogP contribution in [0, 0.1) is 0 Å². The highest BCUT2D eigenvalue weighted by Crippen LogP contribution is 2.13. The van der Waals surface area contributed by atoms with Crippen LogP contribution in [0.2, 0.25) is 0 Å². The third-order valence-corrected chi connectivity index (χ3v) is 3.36. The molecule has 114 valence electrons. The van der Waals surface area contributed by atoms with Crippen molar-refractivity contribution in [2.45, 2.75) is 25.8 Å². The lowest BCUT2D eigenvalue weighted by Crippen LogP contribution is -2.41. The number of Topliss-reactive ketones (excluding diaryl/α,β-unsaturated/α-hetero) is 2. The van der Waals surface area contributed by atoms with Crippen LogP contribution in [0.25, 0.3) is 0 Å². The largest absolute Gasteiger partial charge is 0.480 e. The molecule has 0 aromatic heterocycles. The monoisotopic (exact) mass is 309 g/mol. The van der Waals surface area contributed by atoms with E-state index in [1.165, 1.54) is 0 Å². The van der Waals surface area contributed by atoms with Gasteiger partial charge in [0.15, 0.2) is 11.6 Å². The van der Waals surface area contributed by atoms with E-state index in [1.807, 2.05) is 6.92 Å². The maximum absolute atomic E-state index is 12.2. The lowest BCUT2D eigenvalue weighted by molar-refractivity contribution is -0.138. The zero-order valence-electron chi connectivity index (χ0n) is 11.8. The zero-order chi connectivity index (χ0) is 15.8. The third kappa shape index (κ3) is 4.99. The van der Waals surface area contributed by atoms with Gasteiger partial charge in [-0.2, -0.15) is 12.6 Å². The molecular formula is C15H19NO4S. The van der Waals surface area contributed by atoms with Gasteiger partial charge in [0.2, 0.25) is 0 Å². The van der Waals surface area contributed by atoms with Gasteiger partial charge in [-0.05, 0) is 6.42 Å². The van der Waals surface area contributed by atoms with Gasteiger partial charge in [-0.1, -0.05) is 31.2 Å². The number of thiol groups is 1. The second-order valence-corrected chi connectivity index (χ2v) is 4.96. The number of carbonyl (C=O) groups is 3. The Bertz CT molecular complexity index is 530. The molecule has 0 radical (unpaired) electrons. The van der Waals surface area contributed by atoms with Crippen molar-refractivity contribution >= 4 is 30.2 Å². The maximum Gasteiger partial charge on any atom is 0.321 e. The predicted octanol–water partition coefficient (Wildman–Crippen LogP) is 1.82. The highest BCUT2D eigenvalue weighted by Gasteiger charge is 2.19. The molecule has 0 aliphatic heterocycles. The predicted molar refractivity (Wildman–Crippen MR) is 83.3 cm³/mol. The van der Waals surface area contributed by atoms with Gasteiger partial charge in [0.05, 0.1) is 6.54 Å². The lowest BCUT2D eigenvalue weighted by Gasteiger charge is -2.12. The minimum absolute atomic E-state index is 0.0783. The van der Waals surface area contributed by atoms with E-state index in [4.69, 9.17) is 5.11 Å². The van der Waals surface area contributed by atoms with Gasteiger partial charge >= 0.3 is 5.97 Å². The van der Waals surface area contributed by atoms with Gasteiger partial charge in [-0.15, -0.1) is 0 Å². The quantitative estimate of drug-likeness (QED) is 0.479. The number of carboxylic acid groups (broad SMARTS) is 1. The van der Waals surface area contributed by atoms with Crippen molar-refractivity contribution in [3.8, 4) is 0 Å². The van der Waals surface area contributed by atoms with Crippen molar-refractivity contribution in [2.24, 2.45) is 0 Å². The molecule has 0 fully saturated rings. The van der Waals surface area contributed by atoms with Gasteiger partial charge in [-0.25, -0.2) is 0 Å². The Morgan fingerprint density at radius 2 is 1.76 bits per heavy atom. The molecule has 6 heteroatoms. The topological polar surface area (TPSA) is 83.5 Å². The van der Waals surface area contributed by atoms with E-state index in [0.29, 0.717) is 24.0 Å². The Kier molecular flexibility index (Phi) is 7.11. The minimum atomic E-state index is -1.06. The molecule has 0 saturated heterocycles. The summed E-state index contributed by atoms with van der Waals surface area (Å²) in [4.78, 5) is 35.0. The SMILES string of the molecule is CCCC(=O)c1ccccc1C(=O)CN[C@H](CS)C(=O)O. The molecule has 2 N–H and O–H groups in total. The summed E-state index contributed by atoms with van der Waals surface area (Å²) in [7, 11) is 0. The number of carbonyl (C=O) groups excluding carboxylic acids is 2.